The van der Waals surface area contributed by atoms with Gasteiger partial charge in [-0.2, -0.15) is 0 Å². The first-order valence-corrected chi connectivity index (χ1v) is 22.2. The molecule has 1 saturated heterocycles. The molecule has 0 unspecified atom stereocenters. The molecule has 2 aromatic carbocycles. The Balaban J connectivity index is 1.90. The number of phenolic OH excluding ortho intramolecular Hbond substituents is 1. The van der Waals surface area contributed by atoms with E-state index in [0.29, 0.717) is 24.7 Å². The third-order valence-corrected chi connectivity index (χ3v) is 10.5. The summed E-state index contributed by atoms with van der Waals surface area (Å²) < 4.78 is 32.9. The number of phenols is 1. The van der Waals surface area contributed by atoms with Gasteiger partial charge in [-0.3, -0.25) is 47.9 Å². The highest BCUT2D eigenvalue weighted by atomic mass is 35.5. The molecule has 0 aromatic heterocycles. The number of benzene rings is 2. The Morgan fingerprint density at radius 2 is 1.25 bits per heavy atom. The van der Waals surface area contributed by atoms with Crippen LogP contribution in [0.15, 0.2) is 59.3 Å². The van der Waals surface area contributed by atoms with Gasteiger partial charge in [0.2, 0.25) is 47.3 Å². The molecule has 8 amide bonds. The molecule has 370 valence electrons. The summed E-state index contributed by atoms with van der Waals surface area (Å²) in [4.78, 5) is 129. The first kappa shape index (κ1) is 55.1. The second-order valence-electron chi connectivity index (χ2n) is 14.9. The van der Waals surface area contributed by atoms with Crippen LogP contribution in [0.4, 0.5) is 0 Å². The van der Waals surface area contributed by atoms with Crippen LogP contribution in [0.25, 0.3) is 0 Å². The predicted molar refractivity (Wildman–Crippen MR) is 235 cm³/mol. The lowest BCUT2D eigenvalue weighted by atomic mass is 10.0. The summed E-state index contributed by atoms with van der Waals surface area (Å²) in [6, 6.07) is 0.856. The van der Waals surface area contributed by atoms with Crippen molar-refractivity contribution in [2.24, 2.45) is 5.73 Å². The summed E-state index contributed by atoms with van der Waals surface area (Å²) in [5.74, 6) is -11.3. The van der Waals surface area contributed by atoms with E-state index in [1.807, 2.05) is 0 Å². The molecule has 0 aliphatic carbocycles. The Hall–Kier alpha value is -7.19. The maximum Gasteiger partial charge on any atom is 0.500 e. The Kier molecular flexibility index (Phi) is 20.8. The highest BCUT2D eigenvalue weighted by Gasteiger charge is 2.36. The SMILES string of the molecule is CC(=O)N[C@@H](CC(=O)O)C(=O)N[C@@H](Cc1ccc(O)cc1)C(=O)N[C@@H](CC(=O)O)C(=O)N[C@@H](Cc1ccc(OS(=O)(=O)OC=C(Cl)Cl)cc1)C(=O)NCC(=O)N[C@@H](C)C(=O)N1CCC[C@H]1C(N)=O. The summed E-state index contributed by atoms with van der Waals surface area (Å²) in [5.41, 5.74) is 5.90. The number of likely N-dealkylation sites (tertiary alicyclic amines) is 1. The van der Waals surface area contributed by atoms with Gasteiger partial charge in [-0.25, -0.2) is 0 Å². The van der Waals surface area contributed by atoms with Crippen LogP contribution < -0.4 is 41.8 Å². The minimum Gasteiger partial charge on any atom is -0.508 e. The molecule has 0 radical (unpaired) electrons. The van der Waals surface area contributed by atoms with Gasteiger partial charge in [-0.1, -0.05) is 47.5 Å². The van der Waals surface area contributed by atoms with E-state index in [4.69, 9.17) is 33.1 Å². The quantitative estimate of drug-likeness (QED) is 0.0486. The molecule has 0 spiro atoms. The standard InChI is InChI=1S/C40H48Cl2N8O17S/c1-20(40(63)50-13-3-4-30(50)35(43)58)45-32(53)18-44-36(59)26(14-23-7-11-25(12-8-23)67-68(64,65)66-19-31(41)42)47-39(62)29(17-34(56)57)49-37(60)27(15-22-5-9-24(52)10-6-22)48-38(61)28(16-33(54)55)46-21(2)51/h5-12,19-20,26-30,52H,3-4,13-18H2,1-2H3,(H2,43,58)(H,44,59)(H,45,53)(H,46,51)(H,47,62)(H,48,61)(H,49,60)(H,54,55)(H,56,57)/t20-,26-,27-,28-,29-,30-/m0/s1. The van der Waals surface area contributed by atoms with Crippen LogP contribution in [0.1, 0.15) is 50.7 Å². The Morgan fingerprint density at radius 3 is 1.75 bits per heavy atom. The third-order valence-electron chi connectivity index (χ3n) is 9.58. The van der Waals surface area contributed by atoms with Crippen LogP contribution >= 0.6 is 23.2 Å². The average Bonchev–Trinajstić information content (AvgIpc) is 3.75. The Bertz CT molecular complexity index is 2350. The Morgan fingerprint density at radius 1 is 0.765 bits per heavy atom. The fourth-order valence-corrected chi connectivity index (χ4v) is 7.28. The van der Waals surface area contributed by atoms with E-state index in [1.165, 1.54) is 48.2 Å². The van der Waals surface area contributed by atoms with Crippen molar-refractivity contribution in [2.45, 2.75) is 88.6 Å². The lowest BCUT2D eigenvalue weighted by Gasteiger charge is -2.26. The van der Waals surface area contributed by atoms with E-state index < -0.39 is 136 Å². The van der Waals surface area contributed by atoms with Crippen LogP contribution in [-0.2, 0) is 75.4 Å². The minimum atomic E-state index is -4.72. The molecule has 0 saturated carbocycles. The molecule has 1 aliphatic heterocycles. The van der Waals surface area contributed by atoms with Gasteiger partial charge in [0.1, 0.15) is 58.5 Å². The summed E-state index contributed by atoms with van der Waals surface area (Å²) in [7, 11) is -4.72. The number of hydrogen-bond donors (Lipinski definition) is 10. The number of nitrogens with zero attached hydrogens (tertiary/aromatic N) is 1. The fraction of sp³-hybridized carbons (Fsp3) is 0.400. The van der Waals surface area contributed by atoms with Crippen molar-refractivity contribution in [3.05, 3.63) is 70.4 Å². The van der Waals surface area contributed by atoms with Crippen molar-refractivity contribution in [2.75, 3.05) is 13.1 Å². The molecule has 25 nitrogen and oxygen atoms in total. The number of amides is 8. The topological polar surface area (TPSA) is 385 Å². The summed E-state index contributed by atoms with van der Waals surface area (Å²) in [6.07, 6.45) is -1.56. The molecule has 1 heterocycles. The predicted octanol–water partition coefficient (Wildman–Crippen LogP) is -1.90. The van der Waals surface area contributed by atoms with Crippen molar-refractivity contribution in [3.63, 3.8) is 0 Å². The lowest BCUT2D eigenvalue weighted by Crippen LogP contribution is -2.59. The van der Waals surface area contributed by atoms with Gasteiger partial charge in [0.05, 0.1) is 19.4 Å². The summed E-state index contributed by atoms with van der Waals surface area (Å²) >= 11 is 10.7. The number of hydrogen-bond acceptors (Lipinski definition) is 15. The van der Waals surface area contributed by atoms with E-state index >= 15 is 0 Å². The van der Waals surface area contributed by atoms with Crippen LogP contribution in [-0.4, -0.2) is 137 Å². The monoisotopic (exact) mass is 1010 g/mol. The molecule has 2 aromatic rings. The minimum absolute atomic E-state index is 0.168. The number of primary amides is 1. The number of rotatable bonds is 25. The number of carbonyl (C=O) groups excluding carboxylic acids is 8. The van der Waals surface area contributed by atoms with Gasteiger partial charge in [0, 0.05) is 26.3 Å². The largest absolute Gasteiger partial charge is 0.508 e. The molecule has 0 bridgehead atoms. The van der Waals surface area contributed by atoms with Crippen molar-refractivity contribution >= 4 is 92.8 Å². The molecule has 28 heteroatoms. The highest BCUT2D eigenvalue weighted by Crippen LogP contribution is 2.20. The number of aromatic hydroxyl groups is 1. The van der Waals surface area contributed by atoms with Gasteiger partial charge >= 0.3 is 22.3 Å². The molecule has 6 atom stereocenters. The zero-order chi connectivity index (χ0) is 50.9. The number of nitrogens with one attached hydrogen (secondary N) is 6. The van der Waals surface area contributed by atoms with Gasteiger partial charge in [-0.05, 0) is 55.2 Å². The van der Waals surface area contributed by atoms with E-state index in [0.717, 1.165) is 19.1 Å². The van der Waals surface area contributed by atoms with Crippen LogP contribution in [0.3, 0.4) is 0 Å². The molecule has 3 rings (SSSR count). The van der Waals surface area contributed by atoms with E-state index in [9.17, 15) is 71.7 Å². The maximum absolute atomic E-state index is 13.9. The fourth-order valence-electron chi connectivity index (χ4n) is 6.49. The first-order chi connectivity index (χ1) is 31.8. The van der Waals surface area contributed by atoms with Crippen molar-refractivity contribution in [1.82, 2.24) is 36.8 Å². The molecule has 1 aliphatic rings. The van der Waals surface area contributed by atoms with Crippen molar-refractivity contribution in [1.29, 1.82) is 0 Å². The number of carboxylic acid groups (broad SMARTS) is 2. The second-order valence-corrected chi connectivity index (χ2v) is 17.1. The molecular weight excluding hydrogens is 967 g/mol. The average molecular weight is 1020 g/mol. The molecular formula is C40H48Cl2N8O17S. The second kappa shape index (κ2) is 25.6. The molecule has 1 fully saturated rings. The van der Waals surface area contributed by atoms with Crippen molar-refractivity contribution < 1.29 is 80.0 Å². The van der Waals surface area contributed by atoms with E-state index in [1.54, 1.807) is 0 Å². The van der Waals surface area contributed by atoms with E-state index in [-0.39, 0.29) is 30.0 Å². The van der Waals surface area contributed by atoms with Gasteiger partial charge in [0.15, 0.2) is 0 Å². The first-order valence-electron chi connectivity index (χ1n) is 20.1. The van der Waals surface area contributed by atoms with E-state index in [2.05, 4.69) is 36.1 Å². The van der Waals surface area contributed by atoms with Gasteiger partial charge in [0.25, 0.3) is 0 Å². The summed E-state index contributed by atoms with van der Waals surface area (Å²) in [5, 5.41) is 42.5. The van der Waals surface area contributed by atoms with Crippen LogP contribution in [0.5, 0.6) is 11.5 Å². The zero-order valence-corrected chi connectivity index (χ0v) is 38.4. The maximum atomic E-state index is 13.9. The van der Waals surface area contributed by atoms with Crippen molar-refractivity contribution in [3.8, 4) is 11.5 Å². The zero-order valence-electron chi connectivity index (χ0n) is 36.1. The molecule has 68 heavy (non-hydrogen) atoms. The highest BCUT2D eigenvalue weighted by molar-refractivity contribution is 7.82. The van der Waals surface area contributed by atoms with Crippen LogP contribution in [0.2, 0.25) is 0 Å². The number of carboxylic acids is 2. The third kappa shape index (κ3) is 18.6. The Labute approximate surface area is 397 Å². The molecule has 11 N–H and O–H groups in total. The van der Waals surface area contributed by atoms with Gasteiger partial charge < -0.3 is 66.2 Å². The number of carbonyl (C=O) groups is 10. The number of halogens is 2. The normalized spacial score (nSPS) is 15.4. The number of aliphatic carboxylic acids is 2. The summed E-state index contributed by atoms with van der Waals surface area (Å²) in [6.45, 7) is 1.77. The smallest absolute Gasteiger partial charge is 0.500 e. The lowest BCUT2D eigenvalue weighted by molar-refractivity contribution is -0.141. The van der Waals surface area contributed by atoms with Crippen LogP contribution in [0, 0.1) is 0 Å². The number of nitrogens with two attached hydrogens (primary N) is 1. The van der Waals surface area contributed by atoms with Gasteiger partial charge in [-0.15, -0.1) is 8.42 Å².